The van der Waals surface area contributed by atoms with Crippen molar-refractivity contribution in [3.63, 3.8) is 0 Å². The highest BCUT2D eigenvalue weighted by Gasteiger charge is 2.22. The molecule has 7 heteroatoms. The maximum Gasteiger partial charge on any atom is 0.251 e. The van der Waals surface area contributed by atoms with Crippen LogP contribution in [0.4, 0.5) is 5.69 Å². The molecule has 3 aromatic rings. The van der Waals surface area contributed by atoms with Gasteiger partial charge in [0.2, 0.25) is 5.82 Å². The van der Waals surface area contributed by atoms with E-state index < -0.39 is 6.04 Å². The van der Waals surface area contributed by atoms with Gasteiger partial charge in [-0.2, -0.15) is 4.80 Å². The topological polar surface area (TPSA) is 72.7 Å². The monoisotopic (exact) mass is 341 g/mol. The summed E-state index contributed by atoms with van der Waals surface area (Å²) in [7, 11) is 0. The van der Waals surface area contributed by atoms with Crippen LogP contribution in [0, 0.1) is 0 Å². The maximum absolute atomic E-state index is 12.5. The standard InChI is InChI=1S/C17H16ClN5O/c1-2-15(17(24)19-14-6-4-3-5-7-14)23-21-16(20-22-23)12-8-10-13(18)11-9-12/h3-11,15H,2H2,1H3,(H,19,24)/t15-/m0/s1. The van der Waals surface area contributed by atoms with Gasteiger partial charge in [-0.15, -0.1) is 10.2 Å². The number of carbonyl (C=O) groups excluding carboxylic acids is 1. The molecule has 1 atom stereocenters. The van der Waals surface area contributed by atoms with Gasteiger partial charge in [-0.25, -0.2) is 0 Å². The lowest BCUT2D eigenvalue weighted by atomic mass is 10.2. The van der Waals surface area contributed by atoms with Crippen LogP contribution in [0.25, 0.3) is 11.4 Å². The zero-order valence-corrected chi connectivity index (χ0v) is 13.8. The third-order valence-electron chi connectivity index (χ3n) is 3.54. The number of rotatable bonds is 5. The average Bonchev–Trinajstić information content (AvgIpc) is 3.07. The first-order chi connectivity index (χ1) is 11.7. The van der Waals surface area contributed by atoms with Crippen LogP contribution in [0.3, 0.4) is 0 Å². The zero-order chi connectivity index (χ0) is 16.9. The molecule has 122 valence electrons. The Morgan fingerprint density at radius 2 is 1.88 bits per heavy atom. The fraction of sp³-hybridized carbons (Fsp3) is 0.176. The van der Waals surface area contributed by atoms with E-state index in [1.807, 2.05) is 49.4 Å². The predicted octanol–water partition coefficient (Wildman–Crippen LogP) is 3.58. The third-order valence-corrected chi connectivity index (χ3v) is 3.79. The third kappa shape index (κ3) is 3.60. The molecule has 1 amide bonds. The van der Waals surface area contributed by atoms with Crippen LogP contribution >= 0.6 is 11.6 Å². The minimum absolute atomic E-state index is 0.177. The van der Waals surface area contributed by atoms with Crippen molar-refractivity contribution in [2.75, 3.05) is 5.32 Å². The first kappa shape index (κ1) is 16.1. The molecule has 0 fully saturated rings. The molecule has 1 heterocycles. The Hall–Kier alpha value is -2.73. The first-order valence-electron chi connectivity index (χ1n) is 7.58. The number of anilines is 1. The molecular weight excluding hydrogens is 326 g/mol. The van der Waals surface area contributed by atoms with E-state index in [-0.39, 0.29) is 5.91 Å². The molecule has 1 aromatic heterocycles. The van der Waals surface area contributed by atoms with E-state index in [0.29, 0.717) is 17.3 Å². The number of aromatic nitrogens is 4. The normalized spacial score (nSPS) is 11.9. The summed E-state index contributed by atoms with van der Waals surface area (Å²) in [6.45, 7) is 1.90. The van der Waals surface area contributed by atoms with E-state index >= 15 is 0 Å². The Labute approximate surface area is 144 Å². The van der Waals surface area contributed by atoms with Crippen LogP contribution in [-0.4, -0.2) is 26.1 Å². The van der Waals surface area contributed by atoms with Crippen molar-refractivity contribution in [1.82, 2.24) is 20.2 Å². The van der Waals surface area contributed by atoms with E-state index in [0.717, 1.165) is 11.3 Å². The van der Waals surface area contributed by atoms with Gasteiger partial charge in [0.05, 0.1) is 0 Å². The molecule has 0 spiro atoms. The second-order valence-corrected chi connectivity index (χ2v) is 5.66. The summed E-state index contributed by atoms with van der Waals surface area (Å²) in [6.07, 6.45) is 0.551. The number of tetrazole rings is 1. The predicted molar refractivity (Wildman–Crippen MR) is 92.7 cm³/mol. The van der Waals surface area contributed by atoms with Gasteiger partial charge in [0.1, 0.15) is 0 Å². The lowest BCUT2D eigenvalue weighted by Crippen LogP contribution is -2.27. The van der Waals surface area contributed by atoms with Crippen molar-refractivity contribution < 1.29 is 4.79 Å². The number of halogens is 1. The smallest absolute Gasteiger partial charge is 0.251 e. The molecule has 3 rings (SSSR count). The number of nitrogens with one attached hydrogen (secondary N) is 1. The van der Waals surface area contributed by atoms with E-state index in [1.165, 1.54) is 4.80 Å². The zero-order valence-electron chi connectivity index (χ0n) is 13.1. The highest BCUT2D eigenvalue weighted by molar-refractivity contribution is 6.30. The Kier molecular flexibility index (Phi) is 4.86. The number of para-hydroxylation sites is 1. The molecule has 0 radical (unpaired) electrons. The summed E-state index contributed by atoms with van der Waals surface area (Å²) in [6, 6.07) is 15.9. The van der Waals surface area contributed by atoms with Crippen molar-refractivity contribution in [3.05, 3.63) is 59.6 Å². The summed E-state index contributed by atoms with van der Waals surface area (Å²) in [5, 5.41) is 15.9. The molecule has 6 nitrogen and oxygen atoms in total. The fourth-order valence-corrected chi connectivity index (χ4v) is 2.40. The van der Waals surface area contributed by atoms with Crippen molar-refractivity contribution in [3.8, 4) is 11.4 Å². The first-order valence-corrected chi connectivity index (χ1v) is 7.96. The van der Waals surface area contributed by atoms with Crippen molar-refractivity contribution in [1.29, 1.82) is 0 Å². The minimum Gasteiger partial charge on any atom is -0.324 e. The Morgan fingerprint density at radius 3 is 2.54 bits per heavy atom. The molecular formula is C17H16ClN5O. The quantitative estimate of drug-likeness (QED) is 0.769. The number of nitrogens with zero attached hydrogens (tertiary/aromatic N) is 4. The van der Waals surface area contributed by atoms with Crippen molar-refractivity contribution >= 4 is 23.2 Å². The largest absolute Gasteiger partial charge is 0.324 e. The van der Waals surface area contributed by atoms with E-state index in [1.54, 1.807) is 12.1 Å². The Bertz CT molecular complexity index is 817. The summed E-state index contributed by atoms with van der Waals surface area (Å²) >= 11 is 5.88. The molecule has 2 aromatic carbocycles. The minimum atomic E-state index is -0.529. The fourth-order valence-electron chi connectivity index (χ4n) is 2.27. The molecule has 0 unspecified atom stereocenters. The van der Waals surface area contributed by atoms with E-state index in [4.69, 9.17) is 11.6 Å². The van der Waals surface area contributed by atoms with Gasteiger partial charge in [0.15, 0.2) is 6.04 Å². The number of hydrogen-bond donors (Lipinski definition) is 1. The lowest BCUT2D eigenvalue weighted by molar-refractivity contribution is -0.119. The molecule has 0 aliphatic carbocycles. The molecule has 1 N–H and O–H groups in total. The van der Waals surface area contributed by atoms with Crippen molar-refractivity contribution in [2.24, 2.45) is 0 Å². The summed E-state index contributed by atoms with van der Waals surface area (Å²) in [5.74, 6) is 0.279. The molecule has 0 saturated heterocycles. The second-order valence-electron chi connectivity index (χ2n) is 5.22. The van der Waals surface area contributed by atoms with Gasteiger partial charge in [-0.3, -0.25) is 4.79 Å². The van der Waals surface area contributed by atoms with E-state index in [2.05, 4.69) is 20.7 Å². The average molecular weight is 342 g/mol. The summed E-state index contributed by atoms with van der Waals surface area (Å²) in [4.78, 5) is 13.8. The van der Waals surface area contributed by atoms with Gasteiger partial charge in [-0.05, 0) is 48.0 Å². The van der Waals surface area contributed by atoms with Gasteiger partial charge in [0, 0.05) is 16.3 Å². The highest BCUT2D eigenvalue weighted by Crippen LogP contribution is 2.19. The van der Waals surface area contributed by atoms with Crippen molar-refractivity contribution in [2.45, 2.75) is 19.4 Å². The number of carbonyl (C=O) groups is 1. The van der Waals surface area contributed by atoms with Gasteiger partial charge < -0.3 is 5.32 Å². The lowest BCUT2D eigenvalue weighted by Gasteiger charge is -2.13. The van der Waals surface area contributed by atoms with Crippen LogP contribution < -0.4 is 5.32 Å². The summed E-state index contributed by atoms with van der Waals surface area (Å²) < 4.78 is 0. The molecule has 0 aliphatic heterocycles. The highest BCUT2D eigenvalue weighted by atomic mass is 35.5. The maximum atomic E-state index is 12.5. The second kappa shape index (κ2) is 7.23. The SMILES string of the molecule is CC[C@@H](C(=O)Nc1ccccc1)n1nnc(-c2ccc(Cl)cc2)n1. The van der Waals surface area contributed by atoms with Gasteiger partial charge >= 0.3 is 0 Å². The molecule has 0 bridgehead atoms. The Balaban J connectivity index is 1.78. The van der Waals surface area contributed by atoms with Gasteiger partial charge in [0.25, 0.3) is 5.91 Å². The Morgan fingerprint density at radius 1 is 1.17 bits per heavy atom. The van der Waals surface area contributed by atoms with Gasteiger partial charge in [-0.1, -0.05) is 36.7 Å². The van der Waals surface area contributed by atoms with Crippen LogP contribution in [0.2, 0.25) is 5.02 Å². The number of amides is 1. The molecule has 0 saturated carbocycles. The van der Waals surface area contributed by atoms with Crippen LogP contribution in [0.15, 0.2) is 54.6 Å². The molecule has 0 aliphatic rings. The van der Waals surface area contributed by atoms with Crippen LogP contribution in [-0.2, 0) is 4.79 Å². The van der Waals surface area contributed by atoms with Crippen LogP contribution in [0.1, 0.15) is 19.4 Å². The van der Waals surface area contributed by atoms with Crippen LogP contribution in [0.5, 0.6) is 0 Å². The molecule has 24 heavy (non-hydrogen) atoms. The number of hydrogen-bond acceptors (Lipinski definition) is 4. The number of benzene rings is 2. The van der Waals surface area contributed by atoms with E-state index in [9.17, 15) is 4.79 Å². The summed E-state index contributed by atoms with van der Waals surface area (Å²) in [5.41, 5.74) is 1.53.